The summed E-state index contributed by atoms with van der Waals surface area (Å²) in [5.74, 6) is -1.03. The number of halogens is 1. The van der Waals surface area contributed by atoms with Crippen LogP contribution in [0.25, 0.3) is 21.9 Å². The Morgan fingerprint density at radius 3 is 2.72 bits per heavy atom. The van der Waals surface area contributed by atoms with Gasteiger partial charge in [-0.15, -0.1) is 0 Å². The third-order valence-corrected chi connectivity index (χ3v) is 5.55. The molecule has 8 heteroatoms. The van der Waals surface area contributed by atoms with Crippen LogP contribution in [0.3, 0.4) is 0 Å². The summed E-state index contributed by atoms with van der Waals surface area (Å²) in [5, 5.41) is 0.817. The fourth-order valence-corrected chi connectivity index (χ4v) is 3.88. The lowest BCUT2D eigenvalue weighted by atomic mass is 10.1. The highest BCUT2D eigenvalue weighted by Gasteiger charge is 2.29. The molecule has 150 valence electrons. The smallest absolute Gasteiger partial charge is 0.343 e. The van der Waals surface area contributed by atoms with Crippen molar-refractivity contribution in [1.29, 1.82) is 0 Å². The van der Waals surface area contributed by atoms with Crippen molar-refractivity contribution >= 4 is 33.6 Å². The number of nitrogens with zero attached hydrogens (tertiary/aromatic N) is 3. The molecule has 0 radical (unpaired) electrons. The molecule has 1 aromatic carbocycles. The van der Waals surface area contributed by atoms with Gasteiger partial charge in [-0.1, -0.05) is 0 Å². The van der Waals surface area contributed by atoms with Crippen LogP contribution in [0.5, 0.6) is 0 Å². The Morgan fingerprint density at radius 2 is 2.07 bits per heavy atom. The van der Waals surface area contributed by atoms with Gasteiger partial charge in [-0.2, -0.15) is 0 Å². The molecule has 1 saturated heterocycles. The number of anilines is 1. The second-order valence-electron chi connectivity index (χ2n) is 7.75. The second-order valence-corrected chi connectivity index (χ2v) is 7.75. The third-order valence-electron chi connectivity index (χ3n) is 5.55. The topological polar surface area (TPSA) is 90.5 Å². The van der Waals surface area contributed by atoms with Crippen molar-refractivity contribution in [2.45, 2.75) is 31.8 Å². The van der Waals surface area contributed by atoms with Crippen LogP contribution in [0.2, 0.25) is 0 Å². The number of aromatic nitrogens is 2. The summed E-state index contributed by atoms with van der Waals surface area (Å²) < 4.78 is 21.6. The van der Waals surface area contributed by atoms with Gasteiger partial charge < -0.3 is 19.9 Å². The molecule has 2 aliphatic rings. The molecule has 3 heterocycles. The molecule has 1 aliphatic carbocycles. The minimum absolute atomic E-state index is 0.0148. The van der Waals surface area contributed by atoms with Crippen LogP contribution < -0.4 is 16.1 Å². The van der Waals surface area contributed by atoms with Gasteiger partial charge in [-0.05, 0) is 38.0 Å². The molecular weight excluding hydrogens is 375 g/mol. The van der Waals surface area contributed by atoms with Crippen molar-refractivity contribution in [2.75, 3.05) is 24.6 Å². The van der Waals surface area contributed by atoms with Gasteiger partial charge in [0.2, 0.25) is 5.43 Å². The molecule has 0 unspecified atom stereocenters. The fraction of sp³-hybridized carbons (Fsp3) is 0.381. The minimum atomic E-state index is -0.649. The number of esters is 1. The predicted molar refractivity (Wildman–Crippen MR) is 108 cm³/mol. The quantitative estimate of drug-likeness (QED) is 0.538. The number of carbonyl (C=O) groups is 1. The van der Waals surface area contributed by atoms with Crippen LogP contribution in [-0.4, -0.2) is 41.3 Å². The highest BCUT2D eigenvalue weighted by molar-refractivity contribution is 5.97. The first kappa shape index (κ1) is 18.1. The summed E-state index contributed by atoms with van der Waals surface area (Å²) in [6, 6.07) is 4.96. The molecule has 29 heavy (non-hydrogen) atoms. The number of rotatable bonds is 4. The van der Waals surface area contributed by atoms with E-state index in [9.17, 15) is 14.0 Å². The summed E-state index contributed by atoms with van der Waals surface area (Å²) in [7, 11) is 0. The number of benzene rings is 1. The van der Waals surface area contributed by atoms with Crippen LogP contribution >= 0.6 is 0 Å². The average Bonchev–Trinajstić information content (AvgIpc) is 3.50. The number of pyridine rings is 2. The highest BCUT2D eigenvalue weighted by Crippen LogP contribution is 2.37. The Morgan fingerprint density at radius 1 is 1.31 bits per heavy atom. The van der Waals surface area contributed by atoms with E-state index < -0.39 is 11.4 Å². The molecule has 0 bridgehead atoms. The van der Waals surface area contributed by atoms with Crippen LogP contribution in [0, 0.1) is 5.82 Å². The van der Waals surface area contributed by atoms with Crippen LogP contribution in [0.1, 0.15) is 36.2 Å². The largest absolute Gasteiger partial charge is 0.462 e. The molecule has 1 saturated carbocycles. The van der Waals surface area contributed by atoms with Crippen molar-refractivity contribution in [3.63, 3.8) is 0 Å². The molecule has 2 aromatic heterocycles. The molecule has 7 nitrogen and oxygen atoms in total. The summed E-state index contributed by atoms with van der Waals surface area (Å²) >= 11 is 0. The van der Waals surface area contributed by atoms with Crippen molar-refractivity contribution in [2.24, 2.45) is 5.73 Å². The number of nitrogens with two attached hydrogens (primary N) is 1. The molecular formula is C21H21FN4O3. The van der Waals surface area contributed by atoms with Crippen molar-refractivity contribution in [3.8, 4) is 0 Å². The first-order valence-electron chi connectivity index (χ1n) is 9.83. The predicted octanol–water partition coefficient (Wildman–Crippen LogP) is 2.35. The van der Waals surface area contributed by atoms with Crippen LogP contribution in [0.4, 0.5) is 10.1 Å². The van der Waals surface area contributed by atoms with E-state index in [0.717, 1.165) is 12.8 Å². The monoisotopic (exact) mass is 396 g/mol. The van der Waals surface area contributed by atoms with Gasteiger partial charge in [0.15, 0.2) is 0 Å². The summed E-state index contributed by atoms with van der Waals surface area (Å²) in [6.07, 6.45) is 3.47. The Kier molecular flexibility index (Phi) is 4.06. The molecule has 3 aromatic rings. The number of hydrogen-bond acceptors (Lipinski definition) is 6. The van der Waals surface area contributed by atoms with E-state index in [1.807, 2.05) is 9.47 Å². The molecule has 0 spiro atoms. The lowest BCUT2D eigenvalue weighted by Gasteiger charge is -2.39. The van der Waals surface area contributed by atoms with E-state index in [-0.39, 0.29) is 30.1 Å². The zero-order valence-corrected chi connectivity index (χ0v) is 16.0. The lowest BCUT2D eigenvalue weighted by Crippen LogP contribution is -2.56. The van der Waals surface area contributed by atoms with E-state index in [1.165, 1.54) is 6.07 Å². The number of fused-ring (bicyclic) bond motifs is 2. The van der Waals surface area contributed by atoms with Crippen LogP contribution in [0.15, 0.2) is 29.2 Å². The van der Waals surface area contributed by atoms with Crippen LogP contribution in [-0.2, 0) is 4.74 Å². The SMILES string of the molecule is CCOC(=O)c1cn(C2CC2)c2nc3cc(N4CC(N)C4)c(F)cc3cc2c1=O. The van der Waals surface area contributed by atoms with Gasteiger partial charge in [0.25, 0.3) is 0 Å². The Hall–Kier alpha value is -3.00. The Balaban J connectivity index is 1.73. The first-order valence-corrected chi connectivity index (χ1v) is 9.83. The molecule has 2 fully saturated rings. The van der Waals surface area contributed by atoms with Gasteiger partial charge >= 0.3 is 5.97 Å². The third kappa shape index (κ3) is 2.95. The van der Waals surface area contributed by atoms with Gasteiger partial charge in [0.1, 0.15) is 17.0 Å². The summed E-state index contributed by atoms with van der Waals surface area (Å²) in [6.45, 7) is 3.08. The molecule has 2 N–H and O–H groups in total. The molecule has 0 atom stereocenters. The van der Waals surface area contributed by atoms with E-state index in [4.69, 9.17) is 15.5 Å². The van der Waals surface area contributed by atoms with Crippen molar-refractivity contribution in [3.05, 3.63) is 46.0 Å². The van der Waals surface area contributed by atoms with Gasteiger partial charge in [0, 0.05) is 36.8 Å². The van der Waals surface area contributed by atoms with Crippen molar-refractivity contribution < 1.29 is 13.9 Å². The first-order chi connectivity index (χ1) is 14.0. The molecule has 1 aliphatic heterocycles. The Bertz CT molecular complexity index is 1210. The summed E-state index contributed by atoms with van der Waals surface area (Å²) in [4.78, 5) is 31.8. The lowest BCUT2D eigenvalue weighted by molar-refractivity contribution is 0.0524. The minimum Gasteiger partial charge on any atom is -0.462 e. The maximum absolute atomic E-state index is 14.7. The number of hydrogen-bond donors (Lipinski definition) is 1. The summed E-state index contributed by atoms with van der Waals surface area (Å²) in [5.41, 5.74) is 6.95. The normalized spacial score (nSPS) is 17.0. The molecule has 0 amide bonds. The van der Waals surface area contributed by atoms with E-state index in [2.05, 4.69) is 0 Å². The van der Waals surface area contributed by atoms with E-state index in [0.29, 0.717) is 40.7 Å². The maximum atomic E-state index is 14.7. The standard InChI is InChI=1S/C21H21FN4O3/c1-2-29-21(28)15-10-26(13-3-4-13)20-14(19(15)27)5-11-6-16(22)18(7-17(11)24-20)25-8-12(23)9-25/h5-7,10,12-13H,2-4,8-9,23H2,1H3. The second kappa shape index (κ2) is 6.52. The van der Waals surface area contributed by atoms with Crippen molar-refractivity contribution in [1.82, 2.24) is 9.55 Å². The number of ether oxygens (including phenoxy) is 1. The maximum Gasteiger partial charge on any atom is 0.343 e. The number of carbonyl (C=O) groups excluding carboxylic acids is 1. The highest BCUT2D eigenvalue weighted by atomic mass is 19.1. The fourth-order valence-electron chi connectivity index (χ4n) is 3.88. The van der Waals surface area contributed by atoms with Gasteiger partial charge in [0.05, 0.1) is 23.2 Å². The van der Waals surface area contributed by atoms with E-state index in [1.54, 1.807) is 25.3 Å². The average molecular weight is 396 g/mol. The molecule has 5 rings (SSSR count). The van der Waals surface area contributed by atoms with Gasteiger partial charge in [-0.25, -0.2) is 14.2 Å². The Labute approximate surface area is 165 Å². The zero-order valence-electron chi connectivity index (χ0n) is 16.0. The van der Waals surface area contributed by atoms with E-state index >= 15 is 0 Å². The van der Waals surface area contributed by atoms with Gasteiger partial charge in [-0.3, -0.25) is 4.79 Å². The zero-order chi connectivity index (χ0) is 20.3.